The Kier molecular flexibility index (Phi) is 6.88. The van der Waals surface area contributed by atoms with E-state index in [2.05, 4.69) is 6.92 Å². The molecule has 0 saturated carbocycles. The van der Waals surface area contributed by atoms with Gasteiger partial charge < -0.3 is 14.3 Å². The number of phenols is 1. The topological polar surface area (TPSA) is 38.7 Å². The number of para-hydroxylation sites is 1. The number of phenolic OH excluding ortho intramolecular Hbond substituents is 1. The molecule has 0 unspecified atom stereocenters. The first kappa shape index (κ1) is 13.2. The van der Waals surface area contributed by atoms with E-state index < -0.39 is 0 Å². The van der Waals surface area contributed by atoms with E-state index in [1.54, 1.807) is 12.1 Å². The third-order valence-corrected chi connectivity index (χ3v) is 2.73. The fraction of sp³-hybridized carbons (Fsp3) is 0.500. The van der Waals surface area contributed by atoms with Crippen LogP contribution in [0.3, 0.4) is 0 Å². The molecule has 0 saturated heterocycles. The Bertz CT molecular complexity index is 291. The van der Waals surface area contributed by atoms with Crippen molar-refractivity contribution >= 4 is 9.76 Å². The predicted octanol–water partition coefficient (Wildman–Crippen LogP) is 2.37. The maximum atomic E-state index is 9.48. The molecule has 4 heteroatoms. The van der Waals surface area contributed by atoms with Gasteiger partial charge in [-0.3, -0.25) is 0 Å². The monoisotopic (exact) mass is 238 g/mol. The van der Waals surface area contributed by atoms with Gasteiger partial charge in [0, 0.05) is 18.8 Å². The zero-order valence-corrected chi connectivity index (χ0v) is 10.6. The molecule has 0 aliphatic heterocycles. The van der Waals surface area contributed by atoms with Crippen LogP contribution in [0.4, 0.5) is 0 Å². The maximum absolute atomic E-state index is 9.48. The Balaban J connectivity index is 2.05. The Morgan fingerprint density at radius 3 is 2.81 bits per heavy atom. The lowest BCUT2D eigenvalue weighted by Gasteiger charge is -2.06. The molecule has 16 heavy (non-hydrogen) atoms. The van der Waals surface area contributed by atoms with Crippen molar-refractivity contribution < 1.29 is 14.3 Å². The molecule has 1 aromatic carbocycles. The lowest BCUT2D eigenvalue weighted by Crippen LogP contribution is -2.03. The SMILES string of the molecule is CC[Si]OCCCOCc1ccccc1O. The van der Waals surface area contributed by atoms with Crippen LogP contribution >= 0.6 is 0 Å². The Hall–Kier alpha value is -0.843. The van der Waals surface area contributed by atoms with Crippen molar-refractivity contribution in [1.29, 1.82) is 0 Å². The van der Waals surface area contributed by atoms with Crippen LogP contribution in [0.15, 0.2) is 24.3 Å². The predicted molar refractivity (Wildman–Crippen MR) is 64.6 cm³/mol. The second kappa shape index (κ2) is 8.33. The van der Waals surface area contributed by atoms with Gasteiger partial charge in [-0.05, 0) is 18.5 Å². The van der Waals surface area contributed by atoms with Crippen molar-refractivity contribution in [2.75, 3.05) is 13.2 Å². The summed E-state index contributed by atoms with van der Waals surface area (Å²) in [5, 5.41) is 9.48. The lowest BCUT2D eigenvalue weighted by atomic mass is 10.2. The highest BCUT2D eigenvalue weighted by Gasteiger charge is 1.98. The standard InChI is InChI=1S/C12H18O3Si/c1-2-16-15-9-5-8-14-10-11-6-3-4-7-12(11)13/h3-4,6-7,13H,2,5,8-10H2,1H3. The highest BCUT2D eigenvalue weighted by atomic mass is 28.2. The molecule has 2 radical (unpaired) electrons. The first-order valence-electron chi connectivity index (χ1n) is 5.54. The van der Waals surface area contributed by atoms with E-state index in [0.717, 1.165) is 24.6 Å². The molecule has 0 atom stereocenters. The minimum Gasteiger partial charge on any atom is -0.508 e. The third-order valence-electron chi connectivity index (χ3n) is 2.03. The van der Waals surface area contributed by atoms with Gasteiger partial charge in [0.05, 0.1) is 6.61 Å². The first-order valence-corrected chi connectivity index (χ1v) is 6.65. The maximum Gasteiger partial charge on any atom is 0.229 e. The zero-order chi connectivity index (χ0) is 11.6. The molecule has 1 N–H and O–H groups in total. The first-order chi connectivity index (χ1) is 7.84. The molecule has 0 aromatic heterocycles. The number of aromatic hydroxyl groups is 1. The summed E-state index contributed by atoms with van der Waals surface area (Å²) < 4.78 is 10.8. The molecule has 0 heterocycles. The summed E-state index contributed by atoms with van der Waals surface area (Å²) in [4.78, 5) is 0. The Labute approximate surface area is 99.3 Å². The van der Waals surface area contributed by atoms with Crippen LogP contribution in [-0.4, -0.2) is 28.1 Å². The van der Waals surface area contributed by atoms with Crippen LogP contribution in [0.5, 0.6) is 5.75 Å². The summed E-state index contributed by atoms with van der Waals surface area (Å²) in [5.41, 5.74) is 0.832. The van der Waals surface area contributed by atoms with Gasteiger partial charge in [-0.1, -0.05) is 25.1 Å². The van der Waals surface area contributed by atoms with Crippen molar-refractivity contribution in [3.8, 4) is 5.75 Å². The van der Waals surface area contributed by atoms with Crippen LogP contribution in [0.2, 0.25) is 6.04 Å². The zero-order valence-electron chi connectivity index (χ0n) is 9.61. The van der Waals surface area contributed by atoms with Gasteiger partial charge >= 0.3 is 0 Å². The smallest absolute Gasteiger partial charge is 0.229 e. The number of ether oxygens (including phenoxy) is 1. The van der Waals surface area contributed by atoms with Crippen LogP contribution in [0.25, 0.3) is 0 Å². The Morgan fingerprint density at radius 2 is 2.06 bits per heavy atom. The van der Waals surface area contributed by atoms with E-state index in [4.69, 9.17) is 9.16 Å². The van der Waals surface area contributed by atoms with Crippen molar-refractivity contribution in [2.45, 2.75) is 26.0 Å². The van der Waals surface area contributed by atoms with Crippen molar-refractivity contribution in [2.24, 2.45) is 0 Å². The molecule has 0 fully saturated rings. The highest BCUT2D eigenvalue weighted by molar-refractivity contribution is 6.26. The van der Waals surface area contributed by atoms with Gasteiger partial charge in [-0.25, -0.2) is 0 Å². The molecule has 0 amide bonds. The summed E-state index contributed by atoms with van der Waals surface area (Å²) in [6.07, 6.45) is 0.903. The average molecular weight is 238 g/mol. The van der Waals surface area contributed by atoms with Gasteiger partial charge in [0.15, 0.2) is 0 Å². The average Bonchev–Trinajstić information content (AvgIpc) is 2.30. The minimum absolute atomic E-state index is 0.297. The largest absolute Gasteiger partial charge is 0.508 e. The summed E-state index contributed by atoms with van der Waals surface area (Å²) in [5.74, 6) is 0.297. The molecule has 0 aliphatic carbocycles. The molecule has 1 aromatic rings. The normalized spacial score (nSPS) is 10.6. The molecule has 88 valence electrons. The summed E-state index contributed by atoms with van der Waals surface area (Å²) in [6.45, 7) is 3.99. The van der Waals surface area contributed by atoms with Gasteiger partial charge in [-0.2, -0.15) is 0 Å². The highest BCUT2D eigenvalue weighted by Crippen LogP contribution is 2.16. The second-order valence-corrected chi connectivity index (χ2v) is 4.67. The summed E-state index contributed by atoms with van der Waals surface area (Å²) in [7, 11) is 0.602. The van der Waals surface area contributed by atoms with Crippen molar-refractivity contribution in [1.82, 2.24) is 0 Å². The fourth-order valence-electron chi connectivity index (χ4n) is 1.22. The molecule has 0 spiro atoms. The number of benzene rings is 1. The van der Waals surface area contributed by atoms with Gasteiger partial charge in [0.2, 0.25) is 9.76 Å². The number of hydrogen-bond donors (Lipinski definition) is 1. The third kappa shape index (κ3) is 5.30. The lowest BCUT2D eigenvalue weighted by molar-refractivity contribution is 0.106. The Morgan fingerprint density at radius 1 is 1.25 bits per heavy atom. The van der Waals surface area contributed by atoms with E-state index in [9.17, 15) is 5.11 Å². The van der Waals surface area contributed by atoms with Crippen LogP contribution in [-0.2, 0) is 15.8 Å². The molecular formula is C12H18O3Si. The van der Waals surface area contributed by atoms with E-state index in [1.807, 2.05) is 12.1 Å². The molecular weight excluding hydrogens is 220 g/mol. The van der Waals surface area contributed by atoms with E-state index in [-0.39, 0.29) is 0 Å². The summed E-state index contributed by atoms with van der Waals surface area (Å²) in [6, 6.07) is 8.31. The van der Waals surface area contributed by atoms with Crippen molar-refractivity contribution in [3.05, 3.63) is 29.8 Å². The van der Waals surface area contributed by atoms with Gasteiger partial charge in [0.25, 0.3) is 0 Å². The summed E-state index contributed by atoms with van der Waals surface area (Å²) >= 11 is 0. The van der Waals surface area contributed by atoms with Crippen LogP contribution in [0.1, 0.15) is 18.9 Å². The second-order valence-electron chi connectivity index (χ2n) is 3.38. The minimum atomic E-state index is 0.297. The van der Waals surface area contributed by atoms with E-state index >= 15 is 0 Å². The van der Waals surface area contributed by atoms with Crippen LogP contribution < -0.4 is 0 Å². The van der Waals surface area contributed by atoms with Gasteiger partial charge in [0.1, 0.15) is 5.75 Å². The quantitative estimate of drug-likeness (QED) is 0.558. The van der Waals surface area contributed by atoms with Gasteiger partial charge in [-0.15, -0.1) is 0 Å². The number of hydrogen-bond acceptors (Lipinski definition) is 3. The van der Waals surface area contributed by atoms with E-state index in [1.165, 1.54) is 0 Å². The van der Waals surface area contributed by atoms with Crippen LogP contribution in [0, 0.1) is 0 Å². The fourth-order valence-corrected chi connectivity index (χ4v) is 1.72. The molecule has 3 nitrogen and oxygen atoms in total. The van der Waals surface area contributed by atoms with Crippen molar-refractivity contribution in [3.63, 3.8) is 0 Å². The number of rotatable bonds is 8. The molecule has 0 bridgehead atoms. The molecule has 0 aliphatic rings. The van der Waals surface area contributed by atoms with E-state index in [0.29, 0.717) is 28.7 Å². The molecule has 1 rings (SSSR count).